The van der Waals surface area contributed by atoms with Crippen LogP contribution in [0, 0.1) is 0 Å². The SMILES string of the molecule is CCCNC(COC(C)(C)C)c1cccc(Cl)c1Cl. The third-order valence-corrected chi connectivity index (χ3v) is 3.51. The van der Waals surface area contributed by atoms with Gasteiger partial charge in [0.05, 0.1) is 28.3 Å². The summed E-state index contributed by atoms with van der Waals surface area (Å²) in [4.78, 5) is 0. The molecular weight excluding hydrogens is 281 g/mol. The van der Waals surface area contributed by atoms with Crippen LogP contribution in [0.25, 0.3) is 0 Å². The van der Waals surface area contributed by atoms with E-state index in [9.17, 15) is 0 Å². The molecule has 0 aliphatic carbocycles. The minimum Gasteiger partial charge on any atom is -0.374 e. The summed E-state index contributed by atoms with van der Waals surface area (Å²) in [6.45, 7) is 9.76. The van der Waals surface area contributed by atoms with E-state index in [1.54, 1.807) is 6.07 Å². The second-order valence-electron chi connectivity index (χ2n) is 5.57. The first-order valence-corrected chi connectivity index (χ1v) is 7.42. The van der Waals surface area contributed by atoms with Crippen LogP contribution in [0.4, 0.5) is 0 Å². The summed E-state index contributed by atoms with van der Waals surface area (Å²) in [6, 6.07) is 5.77. The van der Waals surface area contributed by atoms with E-state index in [0.717, 1.165) is 18.5 Å². The Morgan fingerprint density at radius 2 is 1.95 bits per heavy atom. The summed E-state index contributed by atoms with van der Waals surface area (Å²) in [7, 11) is 0. The van der Waals surface area contributed by atoms with Crippen LogP contribution in [-0.4, -0.2) is 18.8 Å². The van der Waals surface area contributed by atoms with Gasteiger partial charge in [-0.05, 0) is 45.4 Å². The third-order valence-electron chi connectivity index (χ3n) is 2.68. The molecule has 1 aromatic carbocycles. The van der Waals surface area contributed by atoms with E-state index in [1.165, 1.54) is 0 Å². The normalized spacial score (nSPS) is 13.6. The molecule has 0 heterocycles. The lowest BCUT2D eigenvalue weighted by Crippen LogP contribution is -2.31. The fourth-order valence-corrected chi connectivity index (χ4v) is 2.14. The highest BCUT2D eigenvalue weighted by Crippen LogP contribution is 2.30. The lowest BCUT2D eigenvalue weighted by molar-refractivity contribution is -0.0147. The van der Waals surface area contributed by atoms with Crippen LogP contribution in [0.1, 0.15) is 45.7 Å². The molecule has 0 aliphatic rings. The van der Waals surface area contributed by atoms with Gasteiger partial charge in [0.25, 0.3) is 0 Å². The molecule has 1 unspecified atom stereocenters. The van der Waals surface area contributed by atoms with E-state index < -0.39 is 0 Å². The van der Waals surface area contributed by atoms with Crippen LogP contribution < -0.4 is 5.32 Å². The van der Waals surface area contributed by atoms with Gasteiger partial charge in [0.15, 0.2) is 0 Å². The Kier molecular flexibility index (Phi) is 6.61. The second-order valence-corrected chi connectivity index (χ2v) is 6.36. The Balaban J connectivity index is 2.86. The molecule has 0 amide bonds. The van der Waals surface area contributed by atoms with Gasteiger partial charge < -0.3 is 10.1 Å². The maximum absolute atomic E-state index is 6.29. The maximum atomic E-state index is 6.29. The van der Waals surface area contributed by atoms with E-state index in [4.69, 9.17) is 27.9 Å². The van der Waals surface area contributed by atoms with Gasteiger partial charge in [0.2, 0.25) is 0 Å². The Morgan fingerprint density at radius 1 is 1.26 bits per heavy atom. The Morgan fingerprint density at radius 3 is 2.53 bits per heavy atom. The van der Waals surface area contributed by atoms with Crippen molar-refractivity contribution in [2.24, 2.45) is 0 Å². The van der Waals surface area contributed by atoms with Crippen molar-refractivity contribution in [1.29, 1.82) is 0 Å². The van der Waals surface area contributed by atoms with E-state index in [-0.39, 0.29) is 11.6 Å². The van der Waals surface area contributed by atoms with Crippen LogP contribution >= 0.6 is 23.2 Å². The van der Waals surface area contributed by atoms with Gasteiger partial charge in [0.1, 0.15) is 0 Å². The topological polar surface area (TPSA) is 21.3 Å². The summed E-state index contributed by atoms with van der Waals surface area (Å²) in [5.41, 5.74) is 0.823. The van der Waals surface area contributed by atoms with Crippen LogP contribution in [-0.2, 0) is 4.74 Å². The molecule has 0 aromatic heterocycles. The molecule has 0 aliphatic heterocycles. The van der Waals surface area contributed by atoms with Crippen molar-refractivity contribution in [1.82, 2.24) is 5.32 Å². The van der Waals surface area contributed by atoms with Crippen LogP contribution in [0.2, 0.25) is 10.0 Å². The van der Waals surface area contributed by atoms with Crippen molar-refractivity contribution < 1.29 is 4.74 Å². The first-order valence-electron chi connectivity index (χ1n) is 6.66. The molecule has 1 rings (SSSR count). The average Bonchev–Trinajstić information content (AvgIpc) is 2.32. The fraction of sp³-hybridized carbons (Fsp3) is 0.600. The summed E-state index contributed by atoms with van der Waals surface area (Å²) in [5.74, 6) is 0. The van der Waals surface area contributed by atoms with Gasteiger partial charge in [0, 0.05) is 0 Å². The summed E-state index contributed by atoms with van der Waals surface area (Å²) >= 11 is 12.4. The van der Waals surface area contributed by atoms with Crippen molar-refractivity contribution >= 4 is 23.2 Å². The van der Waals surface area contributed by atoms with Crippen molar-refractivity contribution in [3.05, 3.63) is 33.8 Å². The minimum atomic E-state index is -0.169. The highest BCUT2D eigenvalue weighted by atomic mass is 35.5. The molecule has 0 saturated carbocycles. The second kappa shape index (κ2) is 7.49. The Labute approximate surface area is 126 Å². The van der Waals surface area contributed by atoms with Gasteiger partial charge in [-0.15, -0.1) is 0 Å². The van der Waals surface area contributed by atoms with E-state index >= 15 is 0 Å². The monoisotopic (exact) mass is 303 g/mol. The van der Waals surface area contributed by atoms with Crippen molar-refractivity contribution in [2.75, 3.05) is 13.2 Å². The summed E-state index contributed by atoms with van der Waals surface area (Å²) in [5, 5.41) is 4.65. The Bertz CT molecular complexity index is 402. The molecule has 108 valence electrons. The number of hydrogen-bond donors (Lipinski definition) is 1. The summed E-state index contributed by atoms with van der Waals surface area (Å²) in [6.07, 6.45) is 1.06. The highest BCUT2D eigenvalue weighted by molar-refractivity contribution is 6.42. The number of nitrogens with one attached hydrogen (secondary N) is 1. The lowest BCUT2D eigenvalue weighted by atomic mass is 10.1. The Hall–Kier alpha value is -0.280. The van der Waals surface area contributed by atoms with Crippen molar-refractivity contribution in [3.63, 3.8) is 0 Å². The molecule has 0 spiro atoms. The largest absolute Gasteiger partial charge is 0.374 e. The molecular formula is C15H23Cl2NO. The number of ether oxygens (including phenoxy) is 1. The van der Waals surface area contributed by atoms with Gasteiger partial charge in [-0.1, -0.05) is 42.3 Å². The lowest BCUT2D eigenvalue weighted by Gasteiger charge is -2.26. The zero-order chi connectivity index (χ0) is 14.5. The predicted molar refractivity (Wildman–Crippen MR) is 83.2 cm³/mol. The van der Waals surface area contributed by atoms with Crippen LogP contribution in [0.3, 0.4) is 0 Å². The predicted octanol–water partition coefficient (Wildman–Crippen LogP) is 4.85. The summed E-state index contributed by atoms with van der Waals surface area (Å²) < 4.78 is 5.87. The van der Waals surface area contributed by atoms with Crippen molar-refractivity contribution in [2.45, 2.75) is 45.8 Å². The number of rotatable bonds is 6. The first-order chi connectivity index (χ1) is 8.85. The minimum absolute atomic E-state index is 0.0605. The third kappa shape index (κ3) is 5.70. The molecule has 1 atom stereocenters. The van der Waals surface area contributed by atoms with Crippen LogP contribution in [0.15, 0.2) is 18.2 Å². The molecule has 1 N–H and O–H groups in total. The number of benzene rings is 1. The quantitative estimate of drug-likeness (QED) is 0.811. The van der Waals surface area contributed by atoms with E-state index in [0.29, 0.717) is 16.7 Å². The van der Waals surface area contributed by atoms with Crippen LogP contribution in [0.5, 0.6) is 0 Å². The average molecular weight is 304 g/mol. The zero-order valence-electron chi connectivity index (χ0n) is 12.1. The van der Waals surface area contributed by atoms with Crippen molar-refractivity contribution in [3.8, 4) is 0 Å². The van der Waals surface area contributed by atoms with Gasteiger partial charge in [-0.2, -0.15) is 0 Å². The smallest absolute Gasteiger partial charge is 0.0669 e. The van der Waals surface area contributed by atoms with Gasteiger partial charge in [-0.25, -0.2) is 0 Å². The molecule has 0 bridgehead atoms. The molecule has 2 nitrogen and oxygen atoms in total. The molecule has 0 fully saturated rings. The van der Waals surface area contributed by atoms with E-state index in [1.807, 2.05) is 32.9 Å². The number of hydrogen-bond acceptors (Lipinski definition) is 2. The molecule has 1 aromatic rings. The molecule has 0 radical (unpaired) electrons. The fourth-order valence-electron chi connectivity index (χ4n) is 1.70. The van der Waals surface area contributed by atoms with Gasteiger partial charge in [-0.3, -0.25) is 0 Å². The molecule has 19 heavy (non-hydrogen) atoms. The first kappa shape index (κ1) is 16.8. The molecule has 4 heteroatoms. The van der Waals surface area contributed by atoms with E-state index in [2.05, 4.69) is 12.2 Å². The standard InChI is InChI=1S/C15H23Cl2NO/c1-5-9-18-13(10-19-15(2,3)4)11-7-6-8-12(16)14(11)17/h6-8,13,18H,5,9-10H2,1-4H3. The maximum Gasteiger partial charge on any atom is 0.0669 e. The zero-order valence-corrected chi connectivity index (χ0v) is 13.6. The molecule has 0 saturated heterocycles. The highest BCUT2D eigenvalue weighted by Gasteiger charge is 2.19. The number of halogens is 2. The van der Waals surface area contributed by atoms with Gasteiger partial charge >= 0.3 is 0 Å².